The van der Waals surface area contributed by atoms with Crippen molar-refractivity contribution in [1.82, 2.24) is 4.57 Å². The lowest BCUT2D eigenvalue weighted by atomic mass is 10.1. The number of nitrogens with zero attached hydrogens (tertiary/aromatic N) is 1. The number of aryl methyl sites for hydroxylation is 1. The number of hydrogen-bond donors (Lipinski definition) is 1. The van der Waals surface area contributed by atoms with Crippen LogP contribution in [0.15, 0.2) is 54.6 Å². The van der Waals surface area contributed by atoms with Crippen molar-refractivity contribution in [3.05, 3.63) is 82.4 Å². The fraction of sp³-hybridized carbons (Fsp3) is 0.136. The largest absolute Gasteiger partial charge is 0.366 e. The average molecular weight is 362 g/mol. The van der Waals surface area contributed by atoms with Crippen LogP contribution < -0.4 is 5.73 Å². The number of primary amides is 1. The molecule has 4 rings (SSSR count). The zero-order valence-corrected chi connectivity index (χ0v) is 15.2. The number of rotatable bonds is 4. The van der Waals surface area contributed by atoms with Crippen molar-refractivity contribution < 1.29 is 4.79 Å². The van der Waals surface area contributed by atoms with Crippen LogP contribution in [0, 0.1) is 6.07 Å². The van der Waals surface area contributed by atoms with Crippen molar-refractivity contribution >= 4 is 39.3 Å². The van der Waals surface area contributed by atoms with E-state index in [-0.39, 0.29) is 0 Å². The first-order valence-corrected chi connectivity index (χ1v) is 8.96. The van der Waals surface area contributed by atoms with E-state index in [1.165, 1.54) is 11.1 Å². The van der Waals surface area contributed by atoms with Crippen LogP contribution >= 0.6 is 11.6 Å². The molecule has 1 heterocycles. The quantitative estimate of drug-likeness (QED) is 0.548. The normalized spacial score (nSPS) is 11.3. The lowest BCUT2D eigenvalue weighted by Crippen LogP contribution is -2.11. The van der Waals surface area contributed by atoms with Crippen LogP contribution in [0.1, 0.15) is 28.4 Å². The Labute approximate surface area is 157 Å². The molecule has 0 fully saturated rings. The molecule has 1 aromatic heterocycles. The summed E-state index contributed by atoms with van der Waals surface area (Å²) in [5.41, 5.74) is 10.6. The number of aromatic nitrogens is 1. The van der Waals surface area contributed by atoms with Gasteiger partial charge in [0.2, 0.25) is 5.91 Å². The van der Waals surface area contributed by atoms with Gasteiger partial charge in [-0.15, -0.1) is 0 Å². The van der Waals surface area contributed by atoms with E-state index in [9.17, 15) is 4.79 Å². The molecule has 0 aliphatic heterocycles. The van der Waals surface area contributed by atoms with Gasteiger partial charge in [0.25, 0.3) is 0 Å². The Bertz CT molecular complexity index is 1140. The van der Waals surface area contributed by atoms with Crippen LogP contribution in [0.2, 0.25) is 5.02 Å². The third kappa shape index (κ3) is 2.65. The van der Waals surface area contributed by atoms with Gasteiger partial charge >= 0.3 is 0 Å². The second-order valence-electron chi connectivity index (χ2n) is 6.35. The Morgan fingerprint density at radius 2 is 1.88 bits per heavy atom. The Morgan fingerprint density at radius 1 is 1.12 bits per heavy atom. The molecule has 0 spiro atoms. The van der Waals surface area contributed by atoms with Crippen molar-refractivity contribution in [1.29, 1.82) is 0 Å². The topological polar surface area (TPSA) is 48.0 Å². The molecular formula is C22H18ClN2O. The second kappa shape index (κ2) is 6.50. The van der Waals surface area contributed by atoms with E-state index < -0.39 is 5.91 Å². The van der Waals surface area contributed by atoms with Crippen molar-refractivity contribution in [2.45, 2.75) is 19.9 Å². The van der Waals surface area contributed by atoms with E-state index in [1.807, 2.05) is 18.2 Å². The number of carbonyl (C=O) groups excluding carboxylic acids is 1. The van der Waals surface area contributed by atoms with Crippen LogP contribution in [0.3, 0.4) is 0 Å². The van der Waals surface area contributed by atoms with E-state index in [0.29, 0.717) is 17.1 Å². The Morgan fingerprint density at radius 3 is 2.62 bits per heavy atom. The molecule has 3 aromatic carbocycles. The predicted octanol–water partition coefficient (Wildman–Crippen LogP) is 4.96. The molecule has 0 unspecified atom stereocenters. The predicted molar refractivity (Wildman–Crippen MR) is 107 cm³/mol. The fourth-order valence-electron chi connectivity index (χ4n) is 3.63. The number of carbonyl (C=O) groups is 1. The molecule has 3 nitrogen and oxygen atoms in total. The van der Waals surface area contributed by atoms with Gasteiger partial charge in [0.05, 0.1) is 11.0 Å². The van der Waals surface area contributed by atoms with E-state index in [4.69, 9.17) is 17.3 Å². The first kappa shape index (κ1) is 16.7. The van der Waals surface area contributed by atoms with Crippen molar-refractivity contribution in [2.75, 3.05) is 0 Å². The fourth-order valence-corrected chi connectivity index (χ4v) is 3.79. The number of hydrogen-bond acceptors (Lipinski definition) is 1. The highest BCUT2D eigenvalue weighted by Gasteiger charge is 2.17. The zero-order valence-electron chi connectivity index (χ0n) is 14.4. The summed E-state index contributed by atoms with van der Waals surface area (Å²) in [4.78, 5) is 12.0. The van der Waals surface area contributed by atoms with Crippen LogP contribution in [0.5, 0.6) is 0 Å². The van der Waals surface area contributed by atoms with Gasteiger partial charge in [-0.1, -0.05) is 48.9 Å². The van der Waals surface area contributed by atoms with Gasteiger partial charge in [-0.25, -0.2) is 0 Å². The highest BCUT2D eigenvalue weighted by atomic mass is 35.5. The summed E-state index contributed by atoms with van der Waals surface area (Å²) in [7, 11) is 0. The first-order chi connectivity index (χ1) is 12.6. The van der Waals surface area contributed by atoms with Gasteiger partial charge < -0.3 is 10.3 Å². The number of benzene rings is 3. The molecule has 4 heteroatoms. The number of nitrogens with two attached hydrogens (primary N) is 1. The molecule has 1 amide bonds. The molecule has 0 bridgehead atoms. The van der Waals surface area contributed by atoms with Crippen LogP contribution in [0.4, 0.5) is 0 Å². The van der Waals surface area contributed by atoms with Gasteiger partial charge in [-0.2, -0.15) is 0 Å². The molecule has 129 valence electrons. The Hall–Kier alpha value is -2.78. The summed E-state index contributed by atoms with van der Waals surface area (Å²) < 4.78 is 2.19. The molecule has 2 N–H and O–H groups in total. The summed E-state index contributed by atoms with van der Waals surface area (Å²) in [5.74, 6) is -0.438. The summed E-state index contributed by atoms with van der Waals surface area (Å²) in [5, 5.41) is 2.32. The summed E-state index contributed by atoms with van der Waals surface area (Å²) in [6.45, 7) is 2.85. The van der Waals surface area contributed by atoms with E-state index in [2.05, 4.69) is 41.8 Å². The maximum Gasteiger partial charge on any atom is 0.249 e. The zero-order chi connectivity index (χ0) is 18.3. The summed E-state index contributed by atoms with van der Waals surface area (Å²) in [6.07, 6.45) is 0.965. The molecule has 0 aliphatic carbocycles. The molecule has 0 saturated carbocycles. The molecule has 0 atom stereocenters. The average Bonchev–Trinajstić information content (AvgIpc) is 2.95. The maximum absolute atomic E-state index is 12.0. The van der Waals surface area contributed by atoms with Gasteiger partial charge in [-0.3, -0.25) is 4.79 Å². The van der Waals surface area contributed by atoms with E-state index in [0.717, 1.165) is 28.2 Å². The monoisotopic (exact) mass is 361 g/mol. The third-order valence-corrected chi connectivity index (χ3v) is 5.07. The summed E-state index contributed by atoms with van der Waals surface area (Å²) >= 11 is 6.25. The molecule has 4 aromatic rings. The first-order valence-electron chi connectivity index (χ1n) is 8.59. The van der Waals surface area contributed by atoms with Crippen LogP contribution in [-0.2, 0) is 13.0 Å². The molecule has 26 heavy (non-hydrogen) atoms. The SMILES string of the molecule is CCc1ccccc1Cn1c2cc(Cl)c[c]c2c2c(C(N)=O)cccc21. The van der Waals surface area contributed by atoms with Gasteiger partial charge in [0.1, 0.15) is 0 Å². The highest BCUT2D eigenvalue weighted by Crippen LogP contribution is 2.33. The smallest absolute Gasteiger partial charge is 0.249 e. The molecular weight excluding hydrogens is 344 g/mol. The van der Waals surface area contributed by atoms with Crippen molar-refractivity contribution in [2.24, 2.45) is 5.73 Å². The van der Waals surface area contributed by atoms with E-state index >= 15 is 0 Å². The minimum atomic E-state index is -0.438. The van der Waals surface area contributed by atoms with Gasteiger partial charge in [-0.05, 0) is 47.9 Å². The molecule has 0 aliphatic rings. The molecule has 1 radical (unpaired) electrons. The Kier molecular flexibility index (Phi) is 4.17. The van der Waals surface area contributed by atoms with E-state index in [1.54, 1.807) is 12.1 Å². The summed E-state index contributed by atoms with van der Waals surface area (Å²) in [6, 6.07) is 20.9. The minimum absolute atomic E-state index is 0.438. The van der Waals surface area contributed by atoms with Gasteiger partial charge in [0.15, 0.2) is 0 Å². The lowest BCUT2D eigenvalue weighted by molar-refractivity contribution is 0.100. The number of fused-ring (bicyclic) bond motifs is 3. The minimum Gasteiger partial charge on any atom is -0.366 e. The highest BCUT2D eigenvalue weighted by molar-refractivity contribution is 6.31. The van der Waals surface area contributed by atoms with Crippen LogP contribution in [-0.4, -0.2) is 10.5 Å². The lowest BCUT2D eigenvalue weighted by Gasteiger charge is -2.12. The number of halogens is 1. The second-order valence-corrected chi connectivity index (χ2v) is 6.79. The number of amides is 1. The maximum atomic E-state index is 12.0. The standard InChI is InChI=1S/C22H18ClN2O/c1-2-14-6-3-4-7-15(14)13-25-19-9-5-8-18(22(24)26)21(19)17-11-10-16(23)12-20(17)25/h3-10,12H,2,13H2,1H3,(H2,24,26). The third-order valence-electron chi connectivity index (χ3n) is 4.85. The van der Waals surface area contributed by atoms with Crippen LogP contribution in [0.25, 0.3) is 21.8 Å². The molecule has 0 saturated heterocycles. The Balaban J connectivity index is 2.05. The van der Waals surface area contributed by atoms with Crippen molar-refractivity contribution in [3.63, 3.8) is 0 Å². The van der Waals surface area contributed by atoms with Crippen molar-refractivity contribution in [3.8, 4) is 0 Å². The van der Waals surface area contributed by atoms with Gasteiger partial charge in [0, 0.05) is 27.9 Å².